The Bertz CT molecular complexity index is 541. The smallest absolute Gasteiger partial charge is 0.263 e. The average molecular weight is 234 g/mol. The van der Waals surface area contributed by atoms with Crippen LogP contribution in [0.15, 0.2) is 25.4 Å². The normalized spacial score (nSPS) is 20.1. The van der Waals surface area contributed by atoms with E-state index in [2.05, 4.69) is 25.4 Å². The molecule has 0 aliphatic carbocycles. The number of amides is 1. The molecule has 0 N–H and O–H groups in total. The van der Waals surface area contributed by atoms with Crippen LogP contribution >= 0.6 is 10.7 Å². The van der Waals surface area contributed by atoms with E-state index in [0.717, 1.165) is 0 Å². The average Bonchev–Trinajstić information content (AvgIpc) is 2.48. The van der Waals surface area contributed by atoms with Crippen LogP contribution in [-0.4, -0.2) is 31.0 Å². The number of aliphatic imine (C=N–C) groups is 2. The van der Waals surface area contributed by atoms with Crippen molar-refractivity contribution in [3.63, 3.8) is 0 Å². The van der Waals surface area contributed by atoms with Crippen LogP contribution in [0.25, 0.3) is 0 Å². The van der Waals surface area contributed by atoms with Crippen LogP contribution in [0.4, 0.5) is 0 Å². The van der Waals surface area contributed by atoms with Crippen LogP contribution < -0.4 is 0 Å². The summed E-state index contributed by atoms with van der Waals surface area (Å²) in [5.74, 6) is -0.988. The van der Waals surface area contributed by atoms with Gasteiger partial charge in [-0.15, -0.1) is 5.10 Å². The summed E-state index contributed by atoms with van der Waals surface area (Å²) >= 11 is 0. The van der Waals surface area contributed by atoms with Crippen LogP contribution in [-0.2, 0) is 13.8 Å². The lowest BCUT2D eigenvalue weighted by atomic mass is 10.3. The molecule has 1 amide bonds. The predicted molar refractivity (Wildman–Crippen MR) is 46.9 cm³/mol. The van der Waals surface area contributed by atoms with Crippen molar-refractivity contribution in [3.8, 4) is 0 Å². The molecule has 2 rings (SSSR count). The highest BCUT2D eigenvalue weighted by Crippen LogP contribution is 2.13. The summed E-state index contributed by atoms with van der Waals surface area (Å²) < 4.78 is 21.6. The lowest BCUT2D eigenvalue weighted by Crippen LogP contribution is -2.20. The molecule has 0 aromatic rings. The Labute approximate surface area is 81.5 Å². The van der Waals surface area contributed by atoms with E-state index in [1.54, 1.807) is 0 Å². The van der Waals surface area contributed by atoms with Gasteiger partial charge in [0.05, 0.1) is 0 Å². The molecule has 10 heteroatoms. The van der Waals surface area contributed by atoms with E-state index in [-0.39, 0.29) is 11.5 Å². The molecule has 0 unspecified atom stereocenters. The fraction of sp³-hybridized carbons (Fsp3) is 0. The molecule has 2 aliphatic heterocycles. The molecule has 0 saturated carbocycles. The quantitative estimate of drug-likeness (QED) is 0.534. The SMILES string of the molecule is O=C1N=NN=C2N=C(S(=O)(=O)Cl)N=C12. The van der Waals surface area contributed by atoms with Crippen LogP contribution in [0.1, 0.15) is 0 Å². The molecule has 72 valence electrons. The van der Waals surface area contributed by atoms with Gasteiger partial charge >= 0.3 is 5.91 Å². The Morgan fingerprint density at radius 1 is 1.21 bits per heavy atom. The number of carbonyl (C=O) groups excluding carboxylic acids is 1. The van der Waals surface area contributed by atoms with Gasteiger partial charge in [-0.2, -0.15) is 4.99 Å². The van der Waals surface area contributed by atoms with Gasteiger partial charge < -0.3 is 0 Å². The van der Waals surface area contributed by atoms with E-state index in [0.29, 0.717) is 0 Å². The van der Waals surface area contributed by atoms with Crippen LogP contribution in [0.3, 0.4) is 0 Å². The zero-order valence-electron chi connectivity index (χ0n) is 6.25. The largest absolute Gasteiger partial charge is 0.319 e. The summed E-state index contributed by atoms with van der Waals surface area (Å²) in [4.78, 5) is 17.7. The second-order valence-electron chi connectivity index (χ2n) is 2.21. The van der Waals surface area contributed by atoms with Gasteiger partial charge in [0.2, 0.25) is 5.84 Å². The van der Waals surface area contributed by atoms with Crippen LogP contribution in [0.2, 0.25) is 0 Å². The summed E-state index contributed by atoms with van der Waals surface area (Å²) in [6.07, 6.45) is 0. The van der Waals surface area contributed by atoms with Crippen molar-refractivity contribution < 1.29 is 13.2 Å². The van der Waals surface area contributed by atoms with E-state index in [1.165, 1.54) is 0 Å². The summed E-state index contributed by atoms with van der Waals surface area (Å²) in [5.41, 5.74) is -0.265. The van der Waals surface area contributed by atoms with E-state index in [9.17, 15) is 13.2 Å². The van der Waals surface area contributed by atoms with Gasteiger partial charge in [0, 0.05) is 10.7 Å². The van der Waals surface area contributed by atoms with Crippen molar-refractivity contribution in [2.24, 2.45) is 25.4 Å². The van der Waals surface area contributed by atoms with Crippen LogP contribution in [0, 0.1) is 0 Å². The molecule has 0 bridgehead atoms. The molecule has 0 atom stereocenters. The Morgan fingerprint density at radius 2 is 1.93 bits per heavy atom. The number of hydrogen-bond donors (Lipinski definition) is 0. The van der Waals surface area contributed by atoms with Gasteiger partial charge in [-0.3, -0.25) is 4.79 Å². The second-order valence-corrected chi connectivity index (χ2v) is 4.67. The molecule has 2 aliphatic rings. The first-order valence-corrected chi connectivity index (χ1v) is 5.45. The molecular formula is C4ClN5O3S. The van der Waals surface area contributed by atoms with E-state index < -0.39 is 20.1 Å². The lowest BCUT2D eigenvalue weighted by molar-refractivity contribution is -0.112. The number of rotatable bonds is 0. The highest BCUT2D eigenvalue weighted by Gasteiger charge is 2.32. The topological polar surface area (TPSA) is 113 Å². The molecule has 0 spiro atoms. The minimum atomic E-state index is -4.07. The van der Waals surface area contributed by atoms with Gasteiger partial charge in [-0.1, -0.05) is 5.11 Å². The van der Waals surface area contributed by atoms with Gasteiger partial charge in [0.25, 0.3) is 14.2 Å². The summed E-state index contributed by atoms with van der Waals surface area (Å²) in [6, 6.07) is 0. The van der Waals surface area contributed by atoms with Crippen LogP contribution in [0.5, 0.6) is 0 Å². The molecule has 0 saturated heterocycles. The molecule has 0 aromatic heterocycles. The minimum absolute atomic E-state index is 0.191. The van der Waals surface area contributed by atoms with Gasteiger partial charge in [0.1, 0.15) is 0 Å². The maximum Gasteiger partial charge on any atom is 0.319 e. The Morgan fingerprint density at radius 3 is 2.50 bits per heavy atom. The molecule has 8 nitrogen and oxygen atoms in total. The maximum absolute atomic E-state index is 11.0. The minimum Gasteiger partial charge on any atom is -0.263 e. The van der Waals surface area contributed by atoms with Crippen molar-refractivity contribution in [1.29, 1.82) is 0 Å². The molecule has 0 radical (unpaired) electrons. The molecular weight excluding hydrogens is 234 g/mol. The highest BCUT2D eigenvalue weighted by molar-refractivity contribution is 8.25. The monoisotopic (exact) mass is 233 g/mol. The first-order chi connectivity index (χ1) is 6.48. The van der Waals surface area contributed by atoms with Gasteiger partial charge in [0.15, 0.2) is 5.71 Å². The fourth-order valence-corrected chi connectivity index (χ4v) is 1.39. The predicted octanol–water partition coefficient (Wildman–Crippen LogP) is -0.328. The third-order valence-corrected chi connectivity index (χ3v) is 2.35. The highest BCUT2D eigenvalue weighted by atomic mass is 35.7. The zero-order chi connectivity index (χ0) is 10.3. The van der Waals surface area contributed by atoms with E-state index in [4.69, 9.17) is 10.7 Å². The fourth-order valence-electron chi connectivity index (χ4n) is 0.789. The Hall–Kier alpha value is -1.48. The van der Waals surface area contributed by atoms with Crippen molar-refractivity contribution in [2.75, 3.05) is 0 Å². The number of fused-ring (bicyclic) bond motifs is 1. The number of nitrogens with zero attached hydrogens (tertiary/aromatic N) is 5. The number of halogens is 1. The van der Waals surface area contributed by atoms with E-state index >= 15 is 0 Å². The van der Waals surface area contributed by atoms with Crippen molar-refractivity contribution in [1.82, 2.24) is 0 Å². The number of carbonyl (C=O) groups is 1. The summed E-state index contributed by atoms with van der Waals surface area (Å²) in [6.45, 7) is 0. The first-order valence-electron chi connectivity index (χ1n) is 3.14. The Balaban J connectivity index is 2.54. The molecule has 2 heterocycles. The molecule has 14 heavy (non-hydrogen) atoms. The first kappa shape index (κ1) is 9.09. The van der Waals surface area contributed by atoms with Crippen molar-refractivity contribution in [2.45, 2.75) is 0 Å². The Kier molecular flexibility index (Phi) is 1.79. The summed E-state index contributed by atoms with van der Waals surface area (Å²) in [5, 5.41) is 8.75. The van der Waals surface area contributed by atoms with Gasteiger partial charge in [-0.25, -0.2) is 13.4 Å². The third-order valence-electron chi connectivity index (χ3n) is 1.32. The van der Waals surface area contributed by atoms with E-state index in [1.807, 2.05) is 0 Å². The van der Waals surface area contributed by atoms with Gasteiger partial charge in [-0.05, 0) is 5.22 Å². The number of hydrogen-bond acceptors (Lipinski definition) is 7. The number of amidine groups is 2. The molecule has 0 aromatic carbocycles. The van der Waals surface area contributed by atoms with Crippen molar-refractivity contribution >= 4 is 42.4 Å². The third kappa shape index (κ3) is 1.36. The molecule has 0 fully saturated rings. The second kappa shape index (κ2) is 2.75. The van der Waals surface area contributed by atoms with Crippen molar-refractivity contribution in [3.05, 3.63) is 0 Å². The maximum atomic E-state index is 11.0. The standard InChI is InChI=1S/C4ClN5O3S/c5-14(12,13)4-6-1-2(7-4)8-10-9-3(1)11. The summed E-state index contributed by atoms with van der Waals surface area (Å²) in [7, 11) is 0.893. The lowest BCUT2D eigenvalue weighted by Gasteiger charge is -1.94. The zero-order valence-corrected chi connectivity index (χ0v) is 7.82.